The van der Waals surface area contributed by atoms with Gasteiger partial charge in [-0.25, -0.2) is 4.68 Å². The second kappa shape index (κ2) is 5.36. The summed E-state index contributed by atoms with van der Waals surface area (Å²) in [6.45, 7) is 7.12. The Hall–Kier alpha value is -2.30. The van der Waals surface area contributed by atoms with Crippen LogP contribution in [0, 0.1) is 6.92 Å². The molecule has 0 aliphatic heterocycles. The topological polar surface area (TPSA) is 56.0 Å². The van der Waals surface area contributed by atoms with E-state index in [2.05, 4.69) is 5.32 Å². The van der Waals surface area contributed by atoms with Gasteiger partial charge < -0.3 is 5.32 Å². The highest BCUT2D eigenvalue weighted by Gasteiger charge is 2.20. The zero-order chi connectivity index (χ0) is 14.9. The fourth-order valence-electron chi connectivity index (χ4n) is 2.30. The number of nitrogens with zero attached hydrogens (tertiary/aromatic N) is 2. The van der Waals surface area contributed by atoms with Gasteiger partial charge in [0.15, 0.2) is 0 Å². The first-order valence-electron chi connectivity index (χ1n) is 6.60. The summed E-state index contributed by atoms with van der Waals surface area (Å²) in [5, 5.41) is 2.63. The molecular formula is C15H19N3O2. The van der Waals surface area contributed by atoms with Crippen LogP contribution in [-0.2, 0) is 4.79 Å². The molecule has 0 radical (unpaired) electrons. The largest absolute Gasteiger partial charge is 0.320 e. The van der Waals surface area contributed by atoms with Crippen LogP contribution < -0.4 is 10.9 Å². The van der Waals surface area contributed by atoms with E-state index in [4.69, 9.17) is 0 Å². The summed E-state index contributed by atoms with van der Waals surface area (Å²) < 4.78 is 3.49. The molecule has 5 nitrogen and oxygen atoms in total. The molecule has 0 bridgehead atoms. The first-order chi connectivity index (χ1) is 9.43. The van der Waals surface area contributed by atoms with E-state index in [9.17, 15) is 9.59 Å². The third-order valence-electron chi connectivity index (χ3n) is 3.11. The Bertz CT molecular complexity index is 681. The lowest BCUT2D eigenvalue weighted by molar-refractivity contribution is -0.114. The lowest BCUT2D eigenvalue weighted by atomic mass is 10.3. The van der Waals surface area contributed by atoms with Crippen molar-refractivity contribution in [2.45, 2.75) is 33.7 Å². The van der Waals surface area contributed by atoms with Crippen LogP contribution in [0.2, 0.25) is 0 Å². The van der Waals surface area contributed by atoms with Crippen molar-refractivity contribution >= 4 is 11.6 Å². The van der Waals surface area contributed by atoms with Gasteiger partial charge in [-0.3, -0.25) is 14.3 Å². The molecule has 1 amide bonds. The van der Waals surface area contributed by atoms with Crippen LogP contribution in [0.3, 0.4) is 0 Å². The van der Waals surface area contributed by atoms with Crippen molar-refractivity contribution in [1.82, 2.24) is 9.36 Å². The molecule has 1 heterocycles. The summed E-state index contributed by atoms with van der Waals surface area (Å²) in [5.74, 6) is -0.244. The van der Waals surface area contributed by atoms with Crippen LogP contribution in [-0.4, -0.2) is 15.3 Å². The summed E-state index contributed by atoms with van der Waals surface area (Å²) in [6, 6.07) is 9.62. The Morgan fingerprint density at radius 1 is 1.20 bits per heavy atom. The maximum atomic E-state index is 12.5. The average Bonchev–Trinajstić information content (AvgIpc) is 2.64. The van der Waals surface area contributed by atoms with Crippen molar-refractivity contribution < 1.29 is 4.79 Å². The maximum absolute atomic E-state index is 12.5. The van der Waals surface area contributed by atoms with Crippen LogP contribution in [0.25, 0.3) is 5.69 Å². The SMILES string of the molecule is CC(=O)Nc1c(C)n(-c2ccccc2)n(C(C)C)c1=O. The molecule has 20 heavy (non-hydrogen) atoms. The highest BCUT2D eigenvalue weighted by molar-refractivity contribution is 5.89. The minimum atomic E-state index is -0.244. The summed E-state index contributed by atoms with van der Waals surface area (Å²) in [7, 11) is 0. The predicted octanol–water partition coefficient (Wildman–Crippen LogP) is 2.49. The Morgan fingerprint density at radius 2 is 1.80 bits per heavy atom. The molecule has 2 aromatic rings. The molecule has 0 aliphatic carbocycles. The van der Waals surface area contributed by atoms with E-state index in [0.717, 1.165) is 11.4 Å². The van der Waals surface area contributed by atoms with E-state index < -0.39 is 0 Å². The van der Waals surface area contributed by atoms with E-state index >= 15 is 0 Å². The number of hydrogen-bond acceptors (Lipinski definition) is 2. The van der Waals surface area contributed by atoms with E-state index in [0.29, 0.717) is 5.69 Å². The van der Waals surface area contributed by atoms with Crippen molar-refractivity contribution in [1.29, 1.82) is 0 Å². The van der Waals surface area contributed by atoms with Crippen molar-refractivity contribution in [3.05, 3.63) is 46.4 Å². The zero-order valence-corrected chi connectivity index (χ0v) is 12.2. The van der Waals surface area contributed by atoms with Gasteiger partial charge in [-0.2, -0.15) is 0 Å². The van der Waals surface area contributed by atoms with E-state index in [-0.39, 0.29) is 17.5 Å². The Balaban J connectivity index is 2.73. The molecule has 106 valence electrons. The molecule has 2 rings (SSSR count). The van der Waals surface area contributed by atoms with Gasteiger partial charge >= 0.3 is 0 Å². The van der Waals surface area contributed by atoms with Crippen molar-refractivity contribution in [3.8, 4) is 5.69 Å². The van der Waals surface area contributed by atoms with Gasteiger partial charge in [-0.15, -0.1) is 0 Å². The number of nitrogens with one attached hydrogen (secondary N) is 1. The van der Waals surface area contributed by atoms with Gasteiger partial charge in [-0.05, 0) is 32.9 Å². The van der Waals surface area contributed by atoms with E-state index in [1.807, 2.05) is 55.8 Å². The average molecular weight is 273 g/mol. The van der Waals surface area contributed by atoms with Gasteiger partial charge in [-0.1, -0.05) is 18.2 Å². The maximum Gasteiger partial charge on any atom is 0.291 e. The molecule has 0 fully saturated rings. The molecular weight excluding hydrogens is 254 g/mol. The van der Waals surface area contributed by atoms with Gasteiger partial charge in [0.1, 0.15) is 5.69 Å². The fourth-order valence-corrected chi connectivity index (χ4v) is 2.30. The highest BCUT2D eigenvalue weighted by atomic mass is 16.2. The third-order valence-corrected chi connectivity index (χ3v) is 3.11. The monoisotopic (exact) mass is 273 g/mol. The molecule has 0 saturated heterocycles. The summed E-state index contributed by atoms with van der Waals surface area (Å²) in [5.41, 5.74) is 1.78. The van der Waals surface area contributed by atoms with Crippen molar-refractivity contribution in [2.75, 3.05) is 5.32 Å². The second-order valence-electron chi connectivity index (χ2n) is 5.03. The Kier molecular flexibility index (Phi) is 3.79. The van der Waals surface area contributed by atoms with Crippen LogP contribution >= 0.6 is 0 Å². The van der Waals surface area contributed by atoms with Crippen LogP contribution in [0.4, 0.5) is 5.69 Å². The minimum Gasteiger partial charge on any atom is -0.320 e. The molecule has 1 aromatic heterocycles. The Labute approximate surface area is 117 Å². The number of aromatic nitrogens is 2. The highest BCUT2D eigenvalue weighted by Crippen LogP contribution is 2.19. The van der Waals surface area contributed by atoms with E-state index in [1.165, 1.54) is 6.92 Å². The summed E-state index contributed by atoms with van der Waals surface area (Å²) in [4.78, 5) is 23.8. The van der Waals surface area contributed by atoms with Crippen LogP contribution in [0.1, 0.15) is 32.5 Å². The summed E-state index contributed by atoms with van der Waals surface area (Å²) >= 11 is 0. The molecule has 0 aliphatic rings. The second-order valence-corrected chi connectivity index (χ2v) is 5.03. The molecule has 1 aromatic carbocycles. The van der Waals surface area contributed by atoms with Gasteiger partial charge in [0.2, 0.25) is 5.91 Å². The van der Waals surface area contributed by atoms with Gasteiger partial charge in [0.25, 0.3) is 5.56 Å². The lowest BCUT2D eigenvalue weighted by Crippen LogP contribution is -2.25. The minimum absolute atomic E-state index is 0.0103. The number of carbonyl (C=O) groups is 1. The normalized spacial score (nSPS) is 10.8. The number of amides is 1. The molecule has 0 saturated carbocycles. The smallest absolute Gasteiger partial charge is 0.291 e. The third kappa shape index (κ3) is 2.39. The first kappa shape index (κ1) is 14.1. The number of para-hydroxylation sites is 1. The quantitative estimate of drug-likeness (QED) is 0.934. The number of carbonyl (C=O) groups excluding carboxylic acids is 1. The fraction of sp³-hybridized carbons (Fsp3) is 0.333. The van der Waals surface area contributed by atoms with Crippen molar-refractivity contribution in [2.24, 2.45) is 0 Å². The van der Waals surface area contributed by atoms with Crippen LogP contribution in [0.5, 0.6) is 0 Å². The molecule has 5 heteroatoms. The first-order valence-corrected chi connectivity index (χ1v) is 6.60. The van der Waals surface area contributed by atoms with E-state index in [1.54, 1.807) is 4.68 Å². The van der Waals surface area contributed by atoms with Gasteiger partial charge in [0, 0.05) is 13.0 Å². The molecule has 0 spiro atoms. The molecule has 1 N–H and O–H groups in total. The number of hydrogen-bond donors (Lipinski definition) is 1. The van der Waals surface area contributed by atoms with Crippen molar-refractivity contribution in [3.63, 3.8) is 0 Å². The number of anilines is 1. The number of benzene rings is 1. The van der Waals surface area contributed by atoms with Crippen LogP contribution in [0.15, 0.2) is 35.1 Å². The molecule has 0 atom stereocenters. The number of rotatable bonds is 3. The molecule has 0 unspecified atom stereocenters. The lowest BCUT2D eigenvalue weighted by Gasteiger charge is -2.16. The predicted molar refractivity (Wildman–Crippen MR) is 79.5 cm³/mol. The standard InChI is InChI=1S/C15H19N3O2/c1-10(2)17-15(20)14(16-12(4)19)11(3)18(17)13-8-6-5-7-9-13/h5-10H,1-4H3,(H,16,19). The summed E-state index contributed by atoms with van der Waals surface area (Å²) in [6.07, 6.45) is 0. The Morgan fingerprint density at radius 3 is 2.30 bits per heavy atom. The van der Waals surface area contributed by atoms with Gasteiger partial charge in [0.05, 0.1) is 11.4 Å². The zero-order valence-electron chi connectivity index (χ0n) is 12.2.